The third-order valence-electron chi connectivity index (χ3n) is 3.45. The number of halogens is 1. The summed E-state index contributed by atoms with van der Waals surface area (Å²) in [5, 5.41) is 11.9. The zero-order valence-corrected chi connectivity index (χ0v) is 12.1. The number of unbranched alkanes of at least 4 members (excludes halogenated alkanes) is 2. The Balaban J connectivity index is 2.75. The van der Waals surface area contributed by atoms with Crippen molar-refractivity contribution in [2.45, 2.75) is 32.2 Å². The summed E-state index contributed by atoms with van der Waals surface area (Å²) in [4.78, 5) is 2.15. The maximum Gasteiger partial charge on any atom is 0.123 e. The minimum absolute atomic E-state index is 0.116. The van der Waals surface area contributed by atoms with E-state index in [1.165, 1.54) is 6.07 Å². The van der Waals surface area contributed by atoms with Gasteiger partial charge in [-0.1, -0.05) is 0 Å². The zero-order valence-electron chi connectivity index (χ0n) is 12.1. The Kier molecular flexibility index (Phi) is 6.81. The molecule has 4 heteroatoms. The maximum absolute atomic E-state index is 13.4. The Hall–Kier alpha value is -1.13. The summed E-state index contributed by atoms with van der Waals surface area (Å²) < 4.78 is 13.4. The van der Waals surface area contributed by atoms with Gasteiger partial charge in [0.1, 0.15) is 5.82 Å². The van der Waals surface area contributed by atoms with Gasteiger partial charge in [0.25, 0.3) is 0 Å². The molecule has 1 aromatic carbocycles. The van der Waals surface area contributed by atoms with Gasteiger partial charge in [-0.05, 0) is 57.0 Å². The predicted octanol–water partition coefficient (Wildman–Crippen LogP) is 2.70. The topological polar surface area (TPSA) is 35.5 Å². The van der Waals surface area contributed by atoms with Crippen LogP contribution in [0.4, 0.5) is 10.1 Å². The van der Waals surface area contributed by atoms with E-state index in [4.69, 9.17) is 5.11 Å². The van der Waals surface area contributed by atoms with E-state index in [0.29, 0.717) is 0 Å². The van der Waals surface area contributed by atoms with Crippen molar-refractivity contribution in [2.75, 3.05) is 32.1 Å². The van der Waals surface area contributed by atoms with Crippen molar-refractivity contribution in [3.63, 3.8) is 0 Å². The Morgan fingerprint density at radius 2 is 2.05 bits per heavy atom. The highest BCUT2D eigenvalue weighted by atomic mass is 19.1. The van der Waals surface area contributed by atoms with Crippen molar-refractivity contribution in [3.05, 3.63) is 29.6 Å². The summed E-state index contributed by atoms with van der Waals surface area (Å²) in [6, 6.07) is 5.06. The van der Waals surface area contributed by atoms with Crippen LogP contribution in [0.2, 0.25) is 0 Å². The number of hydrogen-bond donors (Lipinski definition) is 2. The molecule has 0 aliphatic rings. The lowest BCUT2D eigenvalue weighted by Crippen LogP contribution is -2.23. The highest BCUT2D eigenvalue weighted by Crippen LogP contribution is 2.26. The molecule has 1 atom stereocenters. The van der Waals surface area contributed by atoms with E-state index in [2.05, 4.69) is 10.2 Å². The lowest BCUT2D eigenvalue weighted by molar-refractivity contribution is 0.283. The lowest BCUT2D eigenvalue weighted by Gasteiger charge is -2.25. The number of aliphatic hydroxyl groups excluding tert-OH is 1. The van der Waals surface area contributed by atoms with Gasteiger partial charge in [-0.3, -0.25) is 0 Å². The first-order chi connectivity index (χ1) is 9.10. The minimum atomic E-state index is -0.200. The zero-order chi connectivity index (χ0) is 14.3. The maximum atomic E-state index is 13.4. The fraction of sp³-hybridized carbons (Fsp3) is 0.600. The van der Waals surface area contributed by atoms with Crippen LogP contribution in [0, 0.1) is 5.82 Å². The first kappa shape index (κ1) is 15.9. The fourth-order valence-corrected chi connectivity index (χ4v) is 2.13. The first-order valence-corrected chi connectivity index (χ1v) is 6.88. The molecular formula is C15H25FN2O. The molecule has 0 amide bonds. The molecular weight excluding hydrogens is 243 g/mol. The van der Waals surface area contributed by atoms with Gasteiger partial charge in [-0.15, -0.1) is 0 Å². The predicted molar refractivity (Wildman–Crippen MR) is 78.1 cm³/mol. The number of benzene rings is 1. The average molecular weight is 268 g/mol. The third kappa shape index (κ3) is 4.80. The highest BCUT2D eigenvalue weighted by molar-refractivity contribution is 5.54. The summed E-state index contributed by atoms with van der Waals surface area (Å²) in [6.07, 6.45) is 2.89. The van der Waals surface area contributed by atoms with E-state index >= 15 is 0 Å². The molecule has 0 bridgehead atoms. The van der Waals surface area contributed by atoms with Crippen LogP contribution in [0.25, 0.3) is 0 Å². The molecule has 108 valence electrons. The normalized spacial score (nSPS) is 12.5. The van der Waals surface area contributed by atoms with Gasteiger partial charge in [-0.25, -0.2) is 4.39 Å². The highest BCUT2D eigenvalue weighted by Gasteiger charge is 2.13. The van der Waals surface area contributed by atoms with Gasteiger partial charge in [0.05, 0.1) is 0 Å². The smallest absolute Gasteiger partial charge is 0.123 e. The molecule has 0 aliphatic carbocycles. The van der Waals surface area contributed by atoms with E-state index in [0.717, 1.165) is 37.1 Å². The molecule has 0 aromatic heterocycles. The van der Waals surface area contributed by atoms with Gasteiger partial charge >= 0.3 is 0 Å². The summed E-state index contributed by atoms with van der Waals surface area (Å²) >= 11 is 0. The van der Waals surface area contributed by atoms with Crippen molar-refractivity contribution in [1.29, 1.82) is 0 Å². The van der Waals surface area contributed by atoms with E-state index in [1.807, 2.05) is 27.1 Å². The Morgan fingerprint density at radius 1 is 1.32 bits per heavy atom. The van der Waals surface area contributed by atoms with Crippen LogP contribution in [0.5, 0.6) is 0 Å². The summed E-state index contributed by atoms with van der Waals surface area (Å²) in [6.45, 7) is 3.19. The Labute approximate surface area is 115 Å². The van der Waals surface area contributed by atoms with Gasteiger partial charge in [0, 0.05) is 31.9 Å². The van der Waals surface area contributed by atoms with Gasteiger partial charge in [-0.2, -0.15) is 0 Å². The van der Waals surface area contributed by atoms with Crippen LogP contribution in [0.15, 0.2) is 18.2 Å². The van der Waals surface area contributed by atoms with Crippen LogP contribution in [0.3, 0.4) is 0 Å². The molecule has 1 unspecified atom stereocenters. The molecule has 3 nitrogen and oxygen atoms in total. The summed E-state index contributed by atoms with van der Waals surface area (Å²) in [5.74, 6) is -0.200. The van der Waals surface area contributed by atoms with Crippen molar-refractivity contribution in [3.8, 4) is 0 Å². The number of nitrogens with zero attached hydrogens (tertiary/aromatic N) is 1. The van der Waals surface area contributed by atoms with E-state index in [-0.39, 0.29) is 18.5 Å². The largest absolute Gasteiger partial charge is 0.396 e. The molecule has 1 rings (SSSR count). The summed E-state index contributed by atoms with van der Waals surface area (Å²) in [7, 11) is 3.90. The van der Waals surface area contributed by atoms with Crippen LogP contribution >= 0.6 is 0 Å². The third-order valence-corrected chi connectivity index (χ3v) is 3.45. The number of hydrogen-bond acceptors (Lipinski definition) is 3. The van der Waals surface area contributed by atoms with Crippen LogP contribution < -0.4 is 10.2 Å². The Bertz CT molecular complexity index is 384. The first-order valence-electron chi connectivity index (χ1n) is 6.88. The minimum Gasteiger partial charge on any atom is -0.396 e. The molecule has 0 radical (unpaired) electrons. The standard InChI is InChI=1S/C15H25FN2O/c1-12(17-2)14-11-13(16)7-8-15(14)18(3)9-5-4-6-10-19/h7-8,11-12,17,19H,4-6,9-10H2,1-3H3. The number of rotatable bonds is 8. The average Bonchev–Trinajstić information content (AvgIpc) is 2.42. The number of anilines is 1. The van der Waals surface area contributed by atoms with Gasteiger partial charge in [0.2, 0.25) is 0 Å². The number of nitrogens with one attached hydrogen (secondary N) is 1. The monoisotopic (exact) mass is 268 g/mol. The quantitative estimate of drug-likeness (QED) is 0.712. The molecule has 2 N–H and O–H groups in total. The molecule has 0 heterocycles. The SMILES string of the molecule is CNC(C)c1cc(F)ccc1N(C)CCCCCO. The second kappa shape index (κ2) is 8.12. The van der Waals surface area contributed by atoms with E-state index in [1.54, 1.807) is 6.07 Å². The fourth-order valence-electron chi connectivity index (χ4n) is 2.13. The van der Waals surface area contributed by atoms with Crippen molar-refractivity contribution < 1.29 is 9.50 Å². The molecule has 1 aromatic rings. The van der Waals surface area contributed by atoms with Crippen molar-refractivity contribution in [1.82, 2.24) is 5.32 Å². The van der Waals surface area contributed by atoms with Crippen molar-refractivity contribution >= 4 is 5.69 Å². The molecule has 0 saturated heterocycles. The molecule has 19 heavy (non-hydrogen) atoms. The second-order valence-electron chi connectivity index (χ2n) is 4.92. The van der Waals surface area contributed by atoms with E-state index < -0.39 is 0 Å². The molecule has 0 spiro atoms. The lowest BCUT2D eigenvalue weighted by atomic mass is 10.0. The van der Waals surface area contributed by atoms with Crippen LogP contribution in [-0.2, 0) is 0 Å². The van der Waals surface area contributed by atoms with Gasteiger partial charge < -0.3 is 15.3 Å². The molecule has 0 aliphatic heterocycles. The van der Waals surface area contributed by atoms with E-state index in [9.17, 15) is 4.39 Å². The Morgan fingerprint density at radius 3 is 2.68 bits per heavy atom. The number of aliphatic hydroxyl groups is 1. The molecule has 0 saturated carbocycles. The van der Waals surface area contributed by atoms with Gasteiger partial charge in [0.15, 0.2) is 0 Å². The van der Waals surface area contributed by atoms with Crippen LogP contribution in [-0.4, -0.2) is 32.4 Å². The van der Waals surface area contributed by atoms with Crippen LogP contribution in [0.1, 0.15) is 37.8 Å². The summed E-state index contributed by atoms with van der Waals surface area (Å²) in [5.41, 5.74) is 2.04. The van der Waals surface area contributed by atoms with Crippen molar-refractivity contribution in [2.24, 2.45) is 0 Å². The second-order valence-corrected chi connectivity index (χ2v) is 4.92. The molecule has 0 fully saturated rings.